The lowest BCUT2D eigenvalue weighted by Crippen LogP contribution is -2.54. The molecule has 1 aliphatic heterocycles. The Balaban J connectivity index is 1.56. The summed E-state index contributed by atoms with van der Waals surface area (Å²) in [6.45, 7) is 4.00. The Morgan fingerprint density at radius 1 is 1.08 bits per heavy atom. The van der Waals surface area contributed by atoms with Gasteiger partial charge in [0.05, 0.1) is 0 Å². The van der Waals surface area contributed by atoms with Crippen molar-refractivity contribution >= 4 is 17.7 Å². The van der Waals surface area contributed by atoms with Gasteiger partial charge in [0.1, 0.15) is 5.41 Å². The summed E-state index contributed by atoms with van der Waals surface area (Å²) in [6.07, 6.45) is 4.55. The van der Waals surface area contributed by atoms with Crippen molar-refractivity contribution in [2.24, 2.45) is 5.41 Å². The molecule has 1 aromatic heterocycles. The van der Waals surface area contributed by atoms with Gasteiger partial charge in [-0.25, -0.2) is 0 Å². The first-order chi connectivity index (χ1) is 11.5. The van der Waals surface area contributed by atoms with Gasteiger partial charge in [-0.05, 0) is 30.5 Å². The Bertz CT molecular complexity index is 634. The van der Waals surface area contributed by atoms with Crippen molar-refractivity contribution < 1.29 is 14.4 Å². The molecule has 2 aliphatic rings. The molecule has 0 radical (unpaired) electrons. The molecule has 1 saturated carbocycles. The third-order valence-corrected chi connectivity index (χ3v) is 4.81. The minimum absolute atomic E-state index is 0.0262. The Morgan fingerprint density at radius 3 is 2.21 bits per heavy atom. The van der Waals surface area contributed by atoms with E-state index in [9.17, 15) is 14.4 Å². The Kier molecular flexibility index (Phi) is 4.51. The van der Waals surface area contributed by atoms with Crippen molar-refractivity contribution in [3.05, 3.63) is 30.1 Å². The van der Waals surface area contributed by atoms with Gasteiger partial charge in [0.2, 0.25) is 17.7 Å². The van der Waals surface area contributed by atoms with E-state index in [4.69, 9.17) is 0 Å². The first-order valence-electron chi connectivity index (χ1n) is 8.25. The minimum Gasteiger partial charge on any atom is -0.351 e. The number of hydrogen-bond acceptors (Lipinski definition) is 4. The highest BCUT2D eigenvalue weighted by molar-refractivity contribution is 6.07. The summed E-state index contributed by atoms with van der Waals surface area (Å²) >= 11 is 0. The van der Waals surface area contributed by atoms with E-state index in [1.807, 2.05) is 12.1 Å². The zero-order chi connectivity index (χ0) is 17.2. The van der Waals surface area contributed by atoms with Crippen LogP contribution in [0.25, 0.3) is 0 Å². The zero-order valence-corrected chi connectivity index (χ0v) is 13.8. The van der Waals surface area contributed by atoms with Gasteiger partial charge >= 0.3 is 0 Å². The summed E-state index contributed by atoms with van der Waals surface area (Å²) in [6, 6.07) is 3.67. The van der Waals surface area contributed by atoms with Gasteiger partial charge < -0.3 is 15.1 Å². The molecule has 2 fully saturated rings. The zero-order valence-electron chi connectivity index (χ0n) is 13.8. The van der Waals surface area contributed by atoms with Crippen molar-refractivity contribution in [3.63, 3.8) is 0 Å². The van der Waals surface area contributed by atoms with E-state index >= 15 is 0 Å². The maximum Gasteiger partial charge on any atom is 0.238 e. The number of rotatable bonds is 4. The van der Waals surface area contributed by atoms with Crippen LogP contribution in [0.2, 0.25) is 0 Å². The normalized spacial score (nSPS) is 18.9. The second-order valence-electron chi connectivity index (χ2n) is 6.42. The average molecular weight is 330 g/mol. The van der Waals surface area contributed by atoms with E-state index in [2.05, 4.69) is 10.3 Å². The fraction of sp³-hybridized carbons (Fsp3) is 0.529. The van der Waals surface area contributed by atoms with E-state index in [0.717, 1.165) is 5.56 Å². The molecule has 1 aromatic rings. The summed E-state index contributed by atoms with van der Waals surface area (Å²) in [5, 5.41) is 2.87. The molecule has 128 valence electrons. The first-order valence-corrected chi connectivity index (χ1v) is 8.25. The first kappa shape index (κ1) is 16.4. The van der Waals surface area contributed by atoms with Crippen LogP contribution in [0.4, 0.5) is 0 Å². The molecular formula is C17H22N4O3. The Labute approximate surface area is 141 Å². The summed E-state index contributed by atoms with van der Waals surface area (Å²) in [7, 11) is 0. The number of piperazine rings is 1. The molecule has 2 heterocycles. The van der Waals surface area contributed by atoms with Crippen LogP contribution in [0.15, 0.2) is 24.5 Å². The number of aromatic nitrogens is 1. The predicted octanol–water partition coefficient (Wildman–Crippen LogP) is 0.169. The molecule has 1 aliphatic carbocycles. The number of amides is 3. The second kappa shape index (κ2) is 6.59. The quantitative estimate of drug-likeness (QED) is 0.798. The van der Waals surface area contributed by atoms with Crippen LogP contribution in [0.5, 0.6) is 0 Å². The van der Waals surface area contributed by atoms with E-state index in [-0.39, 0.29) is 17.7 Å². The van der Waals surface area contributed by atoms with Crippen LogP contribution >= 0.6 is 0 Å². The number of carbonyl (C=O) groups excluding carboxylic acids is 3. The number of hydrogen-bond donors (Lipinski definition) is 1. The van der Waals surface area contributed by atoms with Gasteiger partial charge in [0.15, 0.2) is 0 Å². The lowest BCUT2D eigenvalue weighted by Gasteiger charge is -2.35. The predicted molar refractivity (Wildman–Crippen MR) is 86.6 cm³/mol. The monoisotopic (exact) mass is 330 g/mol. The fourth-order valence-electron chi connectivity index (χ4n) is 3.04. The van der Waals surface area contributed by atoms with Crippen LogP contribution in [-0.2, 0) is 20.9 Å². The molecule has 3 amide bonds. The summed E-state index contributed by atoms with van der Waals surface area (Å²) < 4.78 is 0. The number of nitrogens with one attached hydrogen (secondary N) is 1. The van der Waals surface area contributed by atoms with E-state index in [1.165, 1.54) is 6.92 Å². The van der Waals surface area contributed by atoms with Gasteiger partial charge in [-0.1, -0.05) is 0 Å². The van der Waals surface area contributed by atoms with E-state index in [0.29, 0.717) is 45.6 Å². The van der Waals surface area contributed by atoms with Crippen LogP contribution in [0.3, 0.4) is 0 Å². The summed E-state index contributed by atoms with van der Waals surface area (Å²) in [5.41, 5.74) is 0.0579. The molecule has 0 atom stereocenters. The number of pyridine rings is 1. The molecule has 0 aromatic carbocycles. The van der Waals surface area contributed by atoms with Crippen LogP contribution in [0, 0.1) is 5.41 Å². The highest BCUT2D eigenvalue weighted by atomic mass is 16.2. The highest BCUT2D eigenvalue weighted by Gasteiger charge is 2.58. The van der Waals surface area contributed by atoms with Crippen LogP contribution < -0.4 is 5.32 Å². The largest absolute Gasteiger partial charge is 0.351 e. The molecule has 0 unspecified atom stereocenters. The highest BCUT2D eigenvalue weighted by Crippen LogP contribution is 2.47. The molecule has 1 N–H and O–H groups in total. The summed E-state index contributed by atoms with van der Waals surface area (Å²) in [4.78, 5) is 44.0. The summed E-state index contributed by atoms with van der Waals surface area (Å²) in [5.74, 6) is -0.269. The molecular weight excluding hydrogens is 308 g/mol. The maximum atomic E-state index is 12.8. The SMILES string of the molecule is CC(=O)N1CCN(C(=O)C2(C(=O)NCc3ccncc3)CC2)CC1. The van der Waals surface area contributed by atoms with Gasteiger partial charge in [0, 0.05) is 52.0 Å². The average Bonchev–Trinajstić information content (AvgIpc) is 3.42. The van der Waals surface area contributed by atoms with E-state index < -0.39 is 5.41 Å². The minimum atomic E-state index is -0.897. The third kappa shape index (κ3) is 3.25. The molecule has 24 heavy (non-hydrogen) atoms. The van der Waals surface area contributed by atoms with Gasteiger partial charge in [-0.3, -0.25) is 19.4 Å². The van der Waals surface area contributed by atoms with Crippen molar-refractivity contribution in [1.82, 2.24) is 20.1 Å². The second-order valence-corrected chi connectivity index (χ2v) is 6.42. The fourth-order valence-corrected chi connectivity index (χ4v) is 3.04. The number of carbonyl (C=O) groups is 3. The molecule has 7 heteroatoms. The van der Waals surface area contributed by atoms with Gasteiger partial charge in [0.25, 0.3) is 0 Å². The molecule has 0 spiro atoms. The molecule has 3 rings (SSSR count). The Hall–Kier alpha value is -2.44. The van der Waals surface area contributed by atoms with Gasteiger partial charge in [-0.2, -0.15) is 0 Å². The third-order valence-electron chi connectivity index (χ3n) is 4.81. The molecule has 1 saturated heterocycles. The van der Waals surface area contributed by atoms with Crippen molar-refractivity contribution in [3.8, 4) is 0 Å². The molecule has 7 nitrogen and oxygen atoms in total. The standard InChI is InChI=1S/C17H22N4O3/c1-13(22)20-8-10-21(11-9-20)16(24)17(4-5-17)15(23)19-12-14-2-6-18-7-3-14/h2-3,6-7H,4-5,8-12H2,1H3,(H,19,23). The van der Waals surface area contributed by atoms with Crippen LogP contribution in [-0.4, -0.2) is 58.7 Å². The lowest BCUT2D eigenvalue weighted by atomic mass is 10.0. The van der Waals surface area contributed by atoms with Crippen molar-refractivity contribution in [2.45, 2.75) is 26.3 Å². The number of nitrogens with zero attached hydrogens (tertiary/aromatic N) is 3. The van der Waals surface area contributed by atoms with Crippen molar-refractivity contribution in [2.75, 3.05) is 26.2 Å². The lowest BCUT2D eigenvalue weighted by molar-refractivity contribution is -0.147. The van der Waals surface area contributed by atoms with Gasteiger partial charge in [-0.15, -0.1) is 0 Å². The Morgan fingerprint density at radius 2 is 1.67 bits per heavy atom. The van der Waals surface area contributed by atoms with Crippen LogP contribution in [0.1, 0.15) is 25.3 Å². The smallest absolute Gasteiger partial charge is 0.238 e. The van der Waals surface area contributed by atoms with Crippen molar-refractivity contribution in [1.29, 1.82) is 0 Å². The molecule has 0 bridgehead atoms. The van der Waals surface area contributed by atoms with E-state index in [1.54, 1.807) is 22.2 Å². The topological polar surface area (TPSA) is 82.6 Å². The maximum absolute atomic E-state index is 12.8.